The molecular formula is C20H22ClFN2OS. The molecule has 1 atom stereocenters. The van der Waals surface area contributed by atoms with Crippen LogP contribution in [-0.4, -0.2) is 42.2 Å². The van der Waals surface area contributed by atoms with Crippen LogP contribution in [0.1, 0.15) is 13.3 Å². The molecule has 0 N–H and O–H groups in total. The van der Waals surface area contributed by atoms with Crippen molar-refractivity contribution < 1.29 is 9.18 Å². The van der Waals surface area contributed by atoms with Crippen LogP contribution in [0.15, 0.2) is 53.4 Å². The minimum absolute atomic E-state index is 0.0893. The molecule has 1 fully saturated rings. The van der Waals surface area contributed by atoms with Gasteiger partial charge in [-0.2, -0.15) is 0 Å². The van der Waals surface area contributed by atoms with Gasteiger partial charge < -0.3 is 9.80 Å². The summed E-state index contributed by atoms with van der Waals surface area (Å²) in [6.45, 7) is 4.95. The van der Waals surface area contributed by atoms with Gasteiger partial charge in [0.25, 0.3) is 0 Å². The minimum atomic E-state index is -0.229. The molecule has 1 aliphatic rings. The van der Waals surface area contributed by atoms with E-state index in [9.17, 15) is 9.18 Å². The summed E-state index contributed by atoms with van der Waals surface area (Å²) in [5.41, 5.74) is 1.00. The molecule has 0 aliphatic carbocycles. The maximum Gasteiger partial charge on any atom is 0.236 e. The number of anilines is 1. The van der Waals surface area contributed by atoms with Gasteiger partial charge in [-0.1, -0.05) is 18.5 Å². The largest absolute Gasteiger partial charge is 0.368 e. The van der Waals surface area contributed by atoms with Crippen LogP contribution >= 0.6 is 23.4 Å². The minimum Gasteiger partial charge on any atom is -0.368 e. The lowest BCUT2D eigenvalue weighted by atomic mass is 10.2. The lowest BCUT2D eigenvalue weighted by molar-refractivity contribution is -0.130. The highest BCUT2D eigenvalue weighted by atomic mass is 35.5. The first-order valence-corrected chi connectivity index (χ1v) is 10.0. The molecular weight excluding hydrogens is 371 g/mol. The summed E-state index contributed by atoms with van der Waals surface area (Å²) < 4.78 is 13.1. The maximum absolute atomic E-state index is 13.1. The SMILES string of the molecule is CC[C@H](Sc1ccc(Cl)cc1)C(=O)N1CCN(c2ccc(F)cc2)CC1. The number of rotatable bonds is 5. The Balaban J connectivity index is 1.57. The summed E-state index contributed by atoms with van der Waals surface area (Å²) in [4.78, 5) is 18.1. The molecule has 2 aromatic rings. The maximum atomic E-state index is 13.1. The third-order valence-corrected chi connectivity index (χ3v) is 6.14. The molecule has 1 aliphatic heterocycles. The highest BCUT2D eigenvalue weighted by Gasteiger charge is 2.27. The number of carbonyl (C=O) groups is 1. The molecule has 1 saturated heterocycles. The number of thioether (sulfide) groups is 1. The Hall–Kier alpha value is -1.72. The molecule has 1 amide bonds. The number of carbonyl (C=O) groups excluding carboxylic acids is 1. The van der Waals surface area contributed by atoms with Crippen molar-refractivity contribution in [3.05, 3.63) is 59.4 Å². The van der Waals surface area contributed by atoms with Crippen LogP contribution in [0.5, 0.6) is 0 Å². The number of amides is 1. The molecule has 0 radical (unpaired) electrons. The van der Waals surface area contributed by atoms with Gasteiger partial charge >= 0.3 is 0 Å². The van der Waals surface area contributed by atoms with Gasteiger partial charge in [-0.15, -0.1) is 11.8 Å². The second-order valence-electron chi connectivity index (χ2n) is 6.26. The Kier molecular flexibility index (Phi) is 6.43. The van der Waals surface area contributed by atoms with Gasteiger partial charge in [0.2, 0.25) is 5.91 Å². The van der Waals surface area contributed by atoms with Crippen LogP contribution in [-0.2, 0) is 4.79 Å². The third-order valence-electron chi connectivity index (χ3n) is 4.52. The summed E-state index contributed by atoms with van der Waals surface area (Å²) in [5.74, 6) is -0.0428. The van der Waals surface area contributed by atoms with Crippen molar-refractivity contribution in [2.24, 2.45) is 0 Å². The average Bonchev–Trinajstić information content (AvgIpc) is 2.68. The Labute approximate surface area is 163 Å². The van der Waals surface area contributed by atoms with Gasteiger partial charge in [-0.05, 0) is 55.0 Å². The van der Waals surface area contributed by atoms with E-state index in [0.717, 1.165) is 30.1 Å². The van der Waals surface area contributed by atoms with E-state index >= 15 is 0 Å². The van der Waals surface area contributed by atoms with Crippen LogP contribution < -0.4 is 4.90 Å². The van der Waals surface area contributed by atoms with Gasteiger partial charge in [-0.25, -0.2) is 4.39 Å². The molecule has 3 nitrogen and oxygen atoms in total. The van der Waals surface area contributed by atoms with Gasteiger partial charge in [0.1, 0.15) is 5.82 Å². The monoisotopic (exact) mass is 392 g/mol. The van der Waals surface area contributed by atoms with Gasteiger partial charge in [0.05, 0.1) is 5.25 Å². The third kappa shape index (κ3) is 4.71. The predicted octanol–water partition coefficient (Wildman–Crippen LogP) is 4.70. The molecule has 0 saturated carbocycles. The highest BCUT2D eigenvalue weighted by molar-refractivity contribution is 8.00. The number of benzene rings is 2. The molecule has 2 aromatic carbocycles. The Bertz CT molecular complexity index is 730. The quantitative estimate of drug-likeness (QED) is 0.689. The van der Waals surface area contributed by atoms with E-state index in [1.807, 2.05) is 36.1 Å². The molecule has 3 rings (SSSR count). The number of hydrogen-bond donors (Lipinski definition) is 0. The average molecular weight is 393 g/mol. The molecule has 26 heavy (non-hydrogen) atoms. The summed E-state index contributed by atoms with van der Waals surface area (Å²) in [6, 6.07) is 14.1. The zero-order valence-corrected chi connectivity index (χ0v) is 16.3. The van der Waals surface area contributed by atoms with Crippen LogP contribution in [0.3, 0.4) is 0 Å². The molecule has 0 aromatic heterocycles. The van der Waals surface area contributed by atoms with E-state index in [1.165, 1.54) is 12.1 Å². The van der Waals surface area contributed by atoms with Crippen molar-refractivity contribution in [2.45, 2.75) is 23.5 Å². The second-order valence-corrected chi connectivity index (χ2v) is 7.97. The molecule has 0 unspecified atom stereocenters. The van der Waals surface area contributed by atoms with E-state index in [2.05, 4.69) is 4.90 Å². The fourth-order valence-electron chi connectivity index (χ4n) is 3.03. The first kappa shape index (κ1) is 19.1. The molecule has 0 bridgehead atoms. The summed E-state index contributed by atoms with van der Waals surface area (Å²) in [7, 11) is 0. The van der Waals surface area contributed by atoms with Crippen LogP contribution in [0.25, 0.3) is 0 Å². The fourth-order valence-corrected chi connectivity index (χ4v) is 4.19. The van der Waals surface area contributed by atoms with Crippen molar-refractivity contribution in [3.8, 4) is 0 Å². The Morgan fingerprint density at radius 1 is 1.08 bits per heavy atom. The van der Waals surface area contributed by atoms with Crippen molar-refractivity contribution in [1.29, 1.82) is 0 Å². The van der Waals surface area contributed by atoms with Crippen LogP contribution in [0, 0.1) is 5.82 Å². The number of piperazine rings is 1. The first-order chi connectivity index (χ1) is 12.6. The van der Waals surface area contributed by atoms with Crippen molar-refractivity contribution in [2.75, 3.05) is 31.1 Å². The van der Waals surface area contributed by atoms with E-state index in [-0.39, 0.29) is 17.0 Å². The number of nitrogens with zero attached hydrogens (tertiary/aromatic N) is 2. The van der Waals surface area contributed by atoms with Crippen LogP contribution in [0.2, 0.25) is 5.02 Å². The van der Waals surface area contributed by atoms with E-state index < -0.39 is 0 Å². The van der Waals surface area contributed by atoms with Crippen molar-refractivity contribution in [3.63, 3.8) is 0 Å². The number of hydrogen-bond acceptors (Lipinski definition) is 3. The van der Waals surface area contributed by atoms with Crippen molar-refractivity contribution >= 4 is 35.0 Å². The predicted molar refractivity (Wildman–Crippen MR) is 107 cm³/mol. The van der Waals surface area contributed by atoms with Crippen molar-refractivity contribution in [1.82, 2.24) is 4.90 Å². The Morgan fingerprint density at radius 2 is 1.69 bits per heavy atom. The summed E-state index contributed by atoms with van der Waals surface area (Å²) in [6.07, 6.45) is 0.782. The second kappa shape index (κ2) is 8.78. The summed E-state index contributed by atoms with van der Waals surface area (Å²) in [5, 5.41) is 0.610. The smallest absolute Gasteiger partial charge is 0.236 e. The number of halogens is 2. The van der Waals surface area contributed by atoms with E-state index in [4.69, 9.17) is 11.6 Å². The van der Waals surface area contributed by atoms with Crippen LogP contribution in [0.4, 0.5) is 10.1 Å². The molecule has 6 heteroatoms. The lowest BCUT2D eigenvalue weighted by Crippen LogP contribution is -2.51. The highest BCUT2D eigenvalue weighted by Crippen LogP contribution is 2.28. The molecule has 0 spiro atoms. The van der Waals surface area contributed by atoms with Gasteiger partial charge in [-0.3, -0.25) is 4.79 Å². The zero-order valence-electron chi connectivity index (χ0n) is 14.7. The molecule has 1 heterocycles. The van der Waals surface area contributed by atoms with Gasteiger partial charge in [0, 0.05) is 41.8 Å². The normalized spacial score (nSPS) is 15.8. The standard InChI is InChI=1S/C20H22ClFN2OS/c1-2-19(26-18-9-3-15(21)4-10-18)20(25)24-13-11-23(12-14-24)17-7-5-16(22)6-8-17/h3-10,19H,2,11-14H2,1H3/t19-/m0/s1. The first-order valence-electron chi connectivity index (χ1n) is 8.78. The lowest BCUT2D eigenvalue weighted by Gasteiger charge is -2.37. The zero-order chi connectivity index (χ0) is 18.5. The fraction of sp³-hybridized carbons (Fsp3) is 0.350. The van der Waals surface area contributed by atoms with E-state index in [0.29, 0.717) is 18.1 Å². The Morgan fingerprint density at radius 3 is 2.27 bits per heavy atom. The van der Waals surface area contributed by atoms with Gasteiger partial charge in [0.15, 0.2) is 0 Å². The van der Waals surface area contributed by atoms with E-state index in [1.54, 1.807) is 23.9 Å². The topological polar surface area (TPSA) is 23.6 Å². The molecule has 138 valence electrons. The summed E-state index contributed by atoms with van der Waals surface area (Å²) >= 11 is 7.52.